The minimum absolute atomic E-state index is 0.0538. The highest BCUT2D eigenvalue weighted by Crippen LogP contribution is 2.44. The largest absolute Gasteiger partial charge is 0.490 e. The molecule has 5 rings (SSSR count). The van der Waals surface area contributed by atoms with Crippen LogP contribution in [-0.4, -0.2) is 24.1 Å². The van der Waals surface area contributed by atoms with Gasteiger partial charge in [-0.1, -0.05) is 31.0 Å². The maximum Gasteiger partial charge on any atom is 0.297 e. The van der Waals surface area contributed by atoms with Crippen molar-refractivity contribution in [2.24, 2.45) is 0 Å². The number of unbranched alkanes of at least 4 members (excludes halogenated alkanes) is 1. The van der Waals surface area contributed by atoms with Gasteiger partial charge in [-0.15, -0.1) is 11.3 Å². The topological polar surface area (TPSA) is 81.9 Å². The van der Waals surface area contributed by atoms with Gasteiger partial charge in [0.1, 0.15) is 5.58 Å². The molecule has 0 fully saturated rings. The minimum Gasteiger partial charge on any atom is -0.490 e. The van der Waals surface area contributed by atoms with Gasteiger partial charge in [-0.05, 0) is 63.9 Å². The van der Waals surface area contributed by atoms with Crippen LogP contribution in [0.3, 0.4) is 0 Å². The number of ether oxygens (including phenoxy) is 2. The Bertz CT molecular complexity index is 1530. The highest BCUT2D eigenvalue weighted by molar-refractivity contribution is 7.15. The summed E-state index contributed by atoms with van der Waals surface area (Å²) < 4.78 is 18.0. The molecule has 0 saturated heterocycles. The van der Waals surface area contributed by atoms with E-state index in [9.17, 15) is 9.59 Å². The summed E-state index contributed by atoms with van der Waals surface area (Å²) in [6, 6.07) is 10.3. The van der Waals surface area contributed by atoms with Crippen molar-refractivity contribution in [1.82, 2.24) is 4.98 Å². The highest BCUT2D eigenvalue weighted by atomic mass is 32.1. The highest BCUT2D eigenvalue weighted by Gasteiger charge is 2.45. The predicted octanol–water partition coefficient (Wildman–Crippen LogP) is 6.50. The molecule has 192 valence electrons. The zero-order chi connectivity index (χ0) is 26.3. The molecule has 1 amide bonds. The number of carbonyl (C=O) groups is 1. The van der Waals surface area contributed by atoms with E-state index < -0.39 is 6.04 Å². The molecule has 0 spiro atoms. The molecule has 1 aliphatic rings. The standard InChI is InChI=1S/C29H30N2O5S/c1-6-8-13-35-22-12-10-19(15-23(22)34-7-2)25-24-26(32)20-14-16(3)9-11-21(20)36-27(24)28(33)31(25)29-30-17(4)18(5)37-29/h9-12,14-15,25H,6-8,13H2,1-5H3. The molecule has 1 aliphatic heterocycles. The van der Waals surface area contributed by atoms with Crippen LogP contribution in [0, 0.1) is 20.8 Å². The second-order valence-electron chi connectivity index (χ2n) is 9.23. The lowest BCUT2D eigenvalue weighted by atomic mass is 9.98. The number of aryl methyl sites for hydroxylation is 3. The number of nitrogens with zero attached hydrogens (tertiary/aromatic N) is 2. The number of fused-ring (bicyclic) bond motifs is 2. The SMILES string of the molecule is CCCCOc1ccc(C2c3c(oc4ccc(C)cc4c3=O)C(=O)N2c2nc(C)c(C)s2)cc1OCC. The van der Waals surface area contributed by atoms with E-state index in [1.165, 1.54) is 11.3 Å². The van der Waals surface area contributed by atoms with Crippen molar-refractivity contribution in [3.05, 3.63) is 79.6 Å². The van der Waals surface area contributed by atoms with Crippen molar-refractivity contribution < 1.29 is 18.7 Å². The van der Waals surface area contributed by atoms with Crippen molar-refractivity contribution in [3.63, 3.8) is 0 Å². The molecule has 1 unspecified atom stereocenters. The van der Waals surface area contributed by atoms with Crippen LogP contribution in [0.15, 0.2) is 45.6 Å². The molecule has 1 atom stereocenters. The molecule has 7 nitrogen and oxygen atoms in total. The van der Waals surface area contributed by atoms with Crippen LogP contribution in [0.4, 0.5) is 5.13 Å². The molecule has 0 radical (unpaired) electrons. The Morgan fingerprint density at radius 3 is 2.54 bits per heavy atom. The summed E-state index contributed by atoms with van der Waals surface area (Å²) in [4.78, 5) is 35.0. The number of anilines is 1. The predicted molar refractivity (Wildman–Crippen MR) is 145 cm³/mol. The molecule has 0 N–H and O–H groups in total. The quantitative estimate of drug-likeness (QED) is 0.248. The van der Waals surface area contributed by atoms with E-state index in [1.807, 2.05) is 52.0 Å². The number of hydrogen-bond donors (Lipinski definition) is 0. The Kier molecular flexibility index (Phi) is 6.77. The first-order valence-electron chi connectivity index (χ1n) is 12.6. The van der Waals surface area contributed by atoms with Crippen molar-refractivity contribution >= 4 is 33.3 Å². The lowest BCUT2D eigenvalue weighted by molar-refractivity contribution is 0.0971. The fourth-order valence-electron chi connectivity index (χ4n) is 4.57. The van der Waals surface area contributed by atoms with Gasteiger partial charge >= 0.3 is 0 Å². The second-order valence-corrected chi connectivity index (χ2v) is 10.4. The molecule has 3 heterocycles. The smallest absolute Gasteiger partial charge is 0.297 e. The Hall–Kier alpha value is -3.65. The molecule has 4 aromatic rings. The number of amides is 1. The third kappa shape index (κ3) is 4.39. The first kappa shape index (κ1) is 25.0. The molecule has 0 aliphatic carbocycles. The summed E-state index contributed by atoms with van der Waals surface area (Å²) in [5.74, 6) is 0.884. The average molecular weight is 519 g/mol. The molecule has 0 saturated carbocycles. The lowest BCUT2D eigenvalue weighted by Crippen LogP contribution is -2.29. The van der Waals surface area contributed by atoms with Gasteiger partial charge in [-0.3, -0.25) is 14.5 Å². The number of rotatable bonds is 8. The van der Waals surface area contributed by atoms with Gasteiger partial charge in [-0.25, -0.2) is 4.98 Å². The van der Waals surface area contributed by atoms with Gasteiger partial charge in [0.2, 0.25) is 5.76 Å². The Labute approximate surface area is 219 Å². The summed E-state index contributed by atoms with van der Waals surface area (Å²) in [7, 11) is 0. The number of aromatic nitrogens is 1. The Morgan fingerprint density at radius 1 is 1.03 bits per heavy atom. The number of hydrogen-bond acceptors (Lipinski definition) is 7. The van der Waals surface area contributed by atoms with Gasteiger partial charge < -0.3 is 13.9 Å². The summed E-state index contributed by atoms with van der Waals surface area (Å²) >= 11 is 1.42. The van der Waals surface area contributed by atoms with Crippen LogP contribution in [0.25, 0.3) is 11.0 Å². The van der Waals surface area contributed by atoms with Crippen LogP contribution in [0.1, 0.15) is 70.5 Å². The third-order valence-electron chi connectivity index (χ3n) is 6.59. The third-order valence-corrected chi connectivity index (χ3v) is 7.66. The van der Waals surface area contributed by atoms with Crippen LogP contribution >= 0.6 is 11.3 Å². The molecule has 2 aromatic heterocycles. The van der Waals surface area contributed by atoms with Crippen molar-refractivity contribution in [3.8, 4) is 11.5 Å². The second kappa shape index (κ2) is 10.0. The van der Waals surface area contributed by atoms with Crippen LogP contribution < -0.4 is 19.8 Å². The molecule has 0 bridgehead atoms. The summed E-state index contributed by atoms with van der Waals surface area (Å²) in [5.41, 5.74) is 3.00. The van der Waals surface area contributed by atoms with Crippen molar-refractivity contribution in [2.45, 2.75) is 53.5 Å². The number of thiazole rings is 1. The van der Waals surface area contributed by atoms with E-state index in [-0.39, 0.29) is 17.1 Å². The van der Waals surface area contributed by atoms with Gasteiger partial charge in [0.05, 0.1) is 35.9 Å². The molecule has 37 heavy (non-hydrogen) atoms. The Morgan fingerprint density at radius 2 is 1.84 bits per heavy atom. The van der Waals surface area contributed by atoms with Crippen LogP contribution in [0.5, 0.6) is 11.5 Å². The van der Waals surface area contributed by atoms with Gasteiger partial charge in [-0.2, -0.15) is 0 Å². The zero-order valence-electron chi connectivity index (χ0n) is 21.7. The minimum atomic E-state index is -0.711. The van der Waals surface area contributed by atoms with E-state index in [4.69, 9.17) is 13.9 Å². The van der Waals surface area contributed by atoms with E-state index in [1.54, 1.807) is 17.0 Å². The monoisotopic (exact) mass is 518 g/mol. The van der Waals surface area contributed by atoms with Crippen molar-refractivity contribution in [2.75, 3.05) is 18.1 Å². The molecule has 2 aromatic carbocycles. The normalized spacial score (nSPS) is 14.9. The first-order valence-corrected chi connectivity index (χ1v) is 13.4. The lowest BCUT2D eigenvalue weighted by Gasteiger charge is -2.23. The first-order chi connectivity index (χ1) is 17.8. The molecule has 8 heteroatoms. The zero-order valence-corrected chi connectivity index (χ0v) is 22.5. The summed E-state index contributed by atoms with van der Waals surface area (Å²) in [6.45, 7) is 10.9. The fraction of sp³-hybridized carbons (Fsp3) is 0.345. The Balaban J connectivity index is 1.72. The average Bonchev–Trinajstić information content (AvgIpc) is 3.36. The van der Waals surface area contributed by atoms with Crippen LogP contribution in [0.2, 0.25) is 0 Å². The maximum atomic E-state index is 13.9. The summed E-state index contributed by atoms with van der Waals surface area (Å²) in [6.07, 6.45) is 1.95. The number of benzene rings is 2. The molecular formula is C29H30N2O5S. The van der Waals surface area contributed by atoms with E-state index >= 15 is 0 Å². The molecular weight excluding hydrogens is 488 g/mol. The maximum absolute atomic E-state index is 13.9. The van der Waals surface area contributed by atoms with Gasteiger partial charge in [0.15, 0.2) is 22.1 Å². The van der Waals surface area contributed by atoms with Gasteiger partial charge in [0, 0.05) is 4.88 Å². The number of carbonyl (C=O) groups excluding carboxylic acids is 1. The van der Waals surface area contributed by atoms with Gasteiger partial charge in [0.25, 0.3) is 5.91 Å². The van der Waals surface area contributed by atoms with E-state index in [2.05, 4.69) is 11.9 Å². The van der Waals surface area contributed by atoms with E-state index in [0.29, 0.717) is 46.4 Å². The van der Waals surface area contributed by atoms with Crippen molar-refractivity contribution in [1.29, 1.82) is 0 Å². The fourth-order valence-corrected chi connectivity index (χ4v) is 5.50. The summed E-state index contributed by atoms with van der Waals surface area (Å²) in [5, 5.41) is 0.978. The van der Waals surface area contributed by atoms with Crippen LogP contribution in [-0.2, 0) is 0 Å². The van der Waals surface area contributed by atoms with E-state index in [0.717, 1.165) is 34.5 Å².